The highest BCUT2D eigenvalue weighted by atomic mass is 19.4. The Morgan fingerprint density at radius 2 is 1.80 bits per heavy atom. The number of hydrogen-bond acceptors (Lipinski definition) is 3. The molecule has 2 rings (SSSR count). The Labute approximate surface area is 142 Å². The Hall–Kier alpha value is -2.83. The molecule has 0 aliphatic rings. The van der Waals surface area contributed by atoms with Crippen LogP contribution in [0.2, 0.25) is 0 Å². The van der Waals surface area contributed by atoms with E-state index >= 15 is 0 Å². The van der Waals surface area contributed by atoms with E-state index in [1.807, 2.05) is 13.0 Å². The van der Waals surface area contributed by atoms with Crippen LogP contribution in [0.1, 0.15) is 27.0 Å². The predicted molar refractivity (Wildman–Crippen MR) is 84.8 cm³/mol. The maximum Gasteiger partial charge on any atom is 0.416 e. The van der Waals surface area contributed by atoms with Crippen molar-refractivity contribution in [3.63, 3.8) is 0 Å². The van der Waals surface area contributed by atoms with E-state index in [0.29, 0.717) is 11.1 Å². The molecule has 0 bridgehead atoms. The number of hydrogen-bond donors (Lipinski definition) is 1. The van der Waals surface area contributed by atoms with Gasteiger partial charge in [-0.25, -0.2) is 4.79 Å². The number of carbonyl (C=O) groups excluding carboxylic acids is 2. The van der Waals surface area contributed by atoms with Crippen LogP contribution in [0.25, 0.3) is 0 Å². The molecule has 0 aromatic heterocycles. The lowest BCUT2D eigenvalue weighted by Gasteiger charge is -2.10. The maximum atomic E-state index is 12.6. The van der Waals surface area contributed by atoms with Crippen molar-refractivity contribution in [2.24, 2.45) is 0 Å². The molecule has 25 heavy (non-hydrogen) atoms. The average molecular weight is 351 g/mol. The van der Waals surface area contributed by atoms with Crippen LogP contribution in [-0.4, -0.2) is 18.5 Å². The van der Waals surface area contributed by atoms with Crippen LogP contribution in [0.15, 0.2) is 48.5 Å². The van der Waals surface area contributed by atoms with Crippen molar-refractivity contribution >= 4 is 11.9 Å². The van der Waals surface area contributed by atoms with E-state index in [0.717, 1.165) is 17.7 Å². The van der Waals surface area contributed by atoms with Crippen molar-refractivity contribution in [3.05, 3.63) is 70.8 Å². The van der Waals surface area contributed by atoms with E-state index in [1.54, 1.807) is 18.2 Å². The van der Waals surface area contributed by atoms with Crippen LogP contribution in [-0.2, 0) is 22.3 Å². The highest BCUT2D eigenvalue weighted by molar-refractivity contribution is 5.91. The normalized spacial score (nSPS) is 11.0. The first-order valence-corrected chi connectivity index (χ1v) is 7.42. The van der Waals surface area contributed by atoms with Gasteiger partial charge in [0.2, 0.25) is 0 Å². The second-order valence-corrected chi connectivity index (χ2v) is 5.42. The van der Waals surface area contributed by atoms with E-state index in [1.165, 1.54) is 12.1 Å². The molecule has 132 valence electrons. The van der Waals surface area contributed by atoms with Crippen molar-refractivity contribution < 1.29 is 27.5 Å². The van der Waals surface area contributed by atoms with Gasteiger partial charge >= 0.3 is 12.1 Å². The van der Waals surface area contributed by atoms with E-state index in [2.05, 4.69) is 5.32 Å². The van der Waals surface area contributed by atoms with E-state index in [4.69, 9.17) is 4.74 Å². The number of carbonyl (C=O) groups is 2. The Kier molecular flexibility index (Phi) is 5.80. The lowest BCUT2D eigenvalue weighted by molar-refractivity contribution is -0.137. The van der Waals surface area contributed by atoms with Gasteiger partial charge in [-0.05, 0) is 36.8 Å². The Morgan fingerprint density at radius 3 is 2.48 bits per heavy atom. The maximum absolute atomic E-state index is 12.6. The monoisotopic (exact) mass is 351 g/mol. The number of alkyl halides is 3. The number of esters is 1. The van der Waals surface area contributed by atoms with Crippen molar-refractivity contribution in [1.29, 1.82) is 0 Å². The van der Waals surface area contributed by atoms with E-state index in [-0.39, 0.29) is 6.54 Å². The van der Waals surface area contributed by atoms with Gasteiger partial charge in [0.05, 0.1) is 11.1 Å². The number of ether oxygens (including phenoxy) is 1. The third kappa shape index (κ3) is 5.63. The van der Waals surface area contributed by atoms with Gasteiger partial charge in [0.1, 0.15) is 0 Å². The summed E-state index contributed by atoms with van der Waals surface area (Å²) in [6, 6.07) is 11.3. The van der Waals surface area contributed by atoms with E-state index < -0.39 is 30.2 Å². The number of benzene rings is 2. The van der Waals surface area contributed by atoms with Crippen molar-refractivity contribution in [2.45, 2.75) is 19.6 Å². The Morgan fingerprint density at radius 1 is 1.08 bits per heavy atom. The Bertz CT molecular complexity index is 772. The Balaban J connectivity index is 1.84. The van der Waals surface area contributed by atoms with Gasteiger partial charge in [0.15, 0.2) is 6.61 Å². The molecule has 2 aromatic carbocycles. The molecule has 2 aromatic rings. The van der Waals surface area contributed by atoms with Gasteiger partial charge in [0.25, 0.3) is 5.91 Å². The van der Waals surface area contributed by atoms with Crippen LogP contribution in [0.5, 0.6) is 0 Å². The summed E-state index contributed by atoms with van der Waals surface area (Å²) in [4.78, 5) is 23.5. The van der Waals surface area contributed by atoms with Gasteiger partial charge in [-0.2, -0.15) is 13.2 Å². The fourth-order valence-electron chi connectivity index (χ4n) is 2.10. The minimum absolute atomic E-state index is 0.0925. The van der Waals surface area contributed by atoms with Crippen molar-refractivity contribution in [2.75, 3.05) is 6.61 Å². The lowest BCUT2D eigenvalue weighted by Crippen LogP contribution is -2.28. The summed E-state index contributed by atoms with van der Waals surface area (Å²) in [6.07, 6.45) is -4.44. The van der Waals surface area contributed by atoms with E-state index in [9.17, 15) is 22.8 Å². The highest BCUT2D eigenvalue weighted by Crippen LogP contribution is 2.29. The topological polar surface area (TPSA) is 55.4 Å². The van der Waals surface area contributed by atoms with Crippen LogP contribution >= 0.6 is 0 Å². The molecule has 0 heterocycles. The third-order valence-electron chi connectivity index (χ3n) is 3.33. The third-order valence-corrected chi connectivity index (χ3v) is 3.33. The second-order valence-electron chi connectivity index (χ2n) is 5.42. The molecular weight excluding hydrogens is 335 g/mol. The minimum atomic E-state index is -4.44. The predicted octanol–water partition coefficient (Wildman–Crippen LogP) is 3.49. The first kappa shape index (κ1) is 18.5. The van der Waals surface area contributed by atoms with Gasteiger partial charge < -0.3 is 10.1 Å². The van der Waals surface area contributed by atoms with Gasteiger partial charge in [0, 0.05) is 6.54 Å². The molecule has 1 N–H and O–H groups in total. The summed E-state index contributed by atoms with van der Waals surface area (Å²) in [7, 11) is 0. The summed E-state index contributed by atoms with van der Waals surface area (Å²) in [5.74, 6) is -1.24. The lowest BCUT2D eigenvalue weighted by atomic mass is 10.1. The van der Waals surface area contributed by atoms with Crippen LogP contribution in [0, 0.1) is 6.92 Å². The molecule has 0 aliphatic carbocycles. The number of amides is 1. The number of rotatable bonds is 5. The first-order chi connectivity index (χ1) is 11.8. The average Bonchev–Trinajstić information content (AvgIpc) is 2.57. The molecule has 0 radical (unpaired) electrons. The van der Waals surface area contributed by atoms with Gasteiger partial charge in [-0.3, -0.25) is 4.79 Å². The highest BCUT2D eigenvalue weighted by Gasteiger charge is 2.30. The van der Waals surface area contributed by atoms with Crippen LogP contribution in [0.3, 0.4) is 0 Å². The molecule has 0 unspecified atom stereocenters. The molecule has 4 nitrogen and oxygen atoms in total. The number of aryl methyl sites for hydroxylation is 1. The first-order valence-electron chi connectivity index (χ1n) is 7.42. The molecule has 1 amide bonds. The zero-order chi connectivity index (χ0) is 18.4. The molecule has 0 aliphatic heterocycles. The smallest absolute Gasteiger partial charge is 0.416 e. The van der Waals surface area contributed by atoms with Gasteiger partial charge in [-0.1, -0.05) is 29.8 Å². The number of halogens is 3. The molecule has 0 fully saturated rings. The summed E-state index contributed by atoms with van der Waals surface area (Å²) >= 11 is 0. The van der Waals surface area contributed by atoms with Crippen LogP contribution < -0.4 is 5.32 Å². The van der Waals surface area contributed by atoms with Gasteiger partial charge in [-0.15, -0.1) is 0 Å². The molecule has 7 heteroatoms. The fourth-order valence-corrected chi connectivity index (χ4v) is 2.10. The molecule has 0 saturated heterocycles. The van der Waals surface area contributed by atoms with Crippen molar-refractivity contribution in [1.82, 2.24) is 5.32 Å². The fraction of sp³-hybridized carbons (Fsp3) is 0.222. The summed E-state index contributed by atoms with van der Waals surface area (Å²) in [5.41, 5.74) is 0.715. The summed E-state index contributed by atoms with van der Waals surface area (Å²) in [6.45, 7) is 1.22. The second kappa shape index (κ2) is 7.83. The molecule has 0 spiro atoms. The summed E-state index contributed by atoms with van der Waals surface area (Å²) < 4.78 is 42.7. The molecular formula is C18H16F3NO3. The zero-order valence-corrected chi connectivity index (χ0v) is 13.4. The minimum Gasteiger partial charge on any atom is -0.452 e. The SMILES string of the molecule is Cc1cccc(C(=O)OCC(=O)NCc2cccc(C(F)(F)F)c2)c1. The number of nitrogens with one attached hydrogen (secondary N) is 1. The standard InChI is InChI=1S/C18H16F3NO3/c1-12-4-2-6-14(8-12)17(24)25-11-16(23)22-10-13-5-3-7-15(9-13)18(19,20)21/h2-9H,10-11H2,1H3,(H,22,23). The summed E-state index contributed by atoms with van der Waals surface area (Å²) in [5, 5.41) is 2.41. The quantitative estimate of drug-likeness (QED) is 0.839. The molecule has 0 saturated carbocycles. The van der Waals surface area contributed by atoms with Crippen LogP contribution in [0.4, 0.5) is 13.2 Å². The largest absolute Gasteiger partial charge is 0.452 e. The zero-order valence-electron chi connectivity index (χ0n) is 13.4. The van der Waals surface area contributed by atoms with Crippen molar-refractivity contribution in [3.8, 4) is 0 Å². The molecule has 0 atom stereocenters.